The number of carbonyl (C=O) groups is 1. The van der Waals surface area contributed by atoms with Crippen molar-refractivity contribution in [2.24, 2.45) is 0 Å². The molecular weight excluding hydrogens is 254 g/mol. The Kier molecular flexibility index (Phi) is 3.01. The topological polar surface area (TPSA) is 68.0 Å². The van der Waals surface area contributed by atoms with Crippen LogP contribution >= 0.6 is 0 Å². The predicted molar refractivity (Wildman–Crippen MR) is 73.8 cm³/mol. The first-order chi connectivity index (χ1) is 9.74. The van der Waals surface area contributed by atoms with Gasteiger partial charge in [0.2, 0.25) is 0 Å². The molecule has 2 aromatic heterocycles. The van der Waals surface area contributed by atoms with Gasteiger partial charge >= 0.3 is 5.97 Å². The van der Waals surface area contributed by atoms with E-state index >= 15 is 0 Å². The van der Waals surface area contributed by atoms with Crippen LogP contribution < -0.4 is 0 Å². The highest BCUT2D eigenvalue weighted by Gasteiger charge is 2.07. The largest absolute Gasteiger partial charge is 0.477 e. The Morgan fingerprint density at radius 3 is 2.65 bits per heavy atom. The van der Waals surface area contributed by atoms with Gasteiger partial charge in [-0.25, -0.2) is 14.5 Å². The maximum absolute atomic E-state index is 10.9. The van der Waals surface area contributed by atoms with Gasteiger partial charge in [-0.2, -0.15) is 5.10 Å². The van der Waals surface area contributed by atoms with E-state index in [2.05, 4.69) is 10.1 Å². The summed E-state index contributed by atoms with van der Waals surface area (Å²) in [6.45, 7) is 0. The van der Waals surface area contributed by atoms with Crippen molar-refractivity contribution in [1.29, 1.82) is 0 Å². The molecule has 5 heteroatoms. The standard InChI is InChI=1S/C15H11N3O2/c19-15(20)14-8-13(6-7-16-14)18-10-12(9-17-18)11-4-2-1-3-5-11/h1-10H,(H,19,20). The van der Waals surface area contributed by atoms with Crippen LogP contribution in [0.3, 0.4) is 0 Å². The van der Waals surface area contributed by atoms with Gasteiger partial charge in [0.15, 0.2) is 0 Å². The molecule has 0 fully saturated rings. The van der Waals surface area contributed by atoms with Crippen LogP contribution in [-0.4, -0.2) is 25.8 Å². The van der Waals surface area contributed by atoms with Crippen molar-refractivity contribution in [3.63, 3.8) is 0 Å². The average molecular weight is 265 g/mol. The highest BCUT2D eigenvalue weighted by molar-refractivity contribution is 5.85. The van der Waals surface area contributed by atoms with E-state index in [9.17, 15) is 4.79 Å². The van der Waals surface area contributed by atoms with Crippen LogP contribution in [0.5, 0.6) is 0 Å². The van der Waals surface area contributed by atoms with Crippen LogP contribution in [0.2, 0.25) is 0 Å². The van der Waals surface area contributed by atoms with Crippen LogP contribution in [0.25, 0.3) is 16.8 Å². The minimum Gasteiger partial charge on any atom is -0.477 e. The van der Waals surface area contributed by atoms with Gasteiger partial charge in [0.05, 0.1) is 11.9 Å². The summed E-state index contributed by atoms with van der Waals surface area (Å²) in [7, 11) is 0. The van der Waals surface area contributed by atoms with Crippen molar-refractivity contribution >= 4 is 5.97 Å². The second-order valence-corrected chi connectivity index (χ2v) is 4.24. The lowest BCUT2D eigenvalue weighted by Gasteiger charge is -2.01. The van der Waals surface area contributed by atoms with E-state index in [-0.39, 0.29) is 5.69 Å². The number of carboxylic acid groups (broad SMARTS) is 1. The number of nitrogens with zero attached hydrogens (tertiary/aromatic N) is 3. The molecule has 3 aromatic rings. The van der Waals surface area contributed by atoms with Gasteiger partial charge < -0.3 is 5.11 Å². The van der Waals surface area contributed by atoms with Gasteiger partial charge in [-0.1, -0.05) is 30.3 Å². The molecule has 0 saturated carbocycles. The molecule has 5 nitrogen and oxygen atoms in total. The lowest BCUT2D eigenvalue weighted by atomic mass is 10.1. The molecular formula is C15H11N3O2. The summed E-state index contributed by atoms with van der Waals surface area (Å²) < 4.78 is 1.64. The van der Waals surface area contributed by atoms with E-state index < -0.39 is 5.97 Å². The van der Waals surface area contributed by atoms with Gasteiger partial charge in [0, 0.05) is 18.0 Å². The summed E-state index contributed by atoms with van der Waals surface area (Å²) in [4.78, 5) is 14.7. The van der Waals surface area contributed by atoms with Gasteiger partial charge in [-0.15, -0.1) is 0 Å². The highest BCUT2D eigenvalue weighted by Crippen LogP contribution is 2.19. The average Bonchev–Trinajstić information content (AvgIpc) is 2.98. The van der Waals surface area contributed by atoms with E-state index in [1.165, 1.54) is 12.3 Å². The van der Waals surface area contributed by atoms with Crippen molar-refractivity contribution in [3.8, 4) is 16.8 Å². The molecule has 0 bridgehead atoms. The minimum absolute atomic E-state index is 0.000684. The molecule has 0 atom stereocenters. The normalized spacial score (nSPS) is 10.4. The fourth-order valence-electron chi connectivity index (χ4n) is 1.92. The third-order valence-electron chi connectivity index (χ3n) is 2.92. The zero-order chi connectivity index (χ0) is 13.9. The molecule has 1 N–H and O–H groups in total. The zero-order valence-electron chi connectivity index (χ0n) is 10.5. The Labute approximate surface area is 115 Å². The molecule has 0 spiro atoms. The first-order valence-corrected chi connectivity index (χ1v) is 6.04. The number of aromatic carboxylic acids is 1. The highest BCUT2D eigenvalue weighted by atomic mass is 16.4. The van der Waals surface area contributed by atoms with E-state index in [1.807, 2.05) is 36.5 Å². The Balaban J connectivity index is 1.98. The summed E-state index contributed by atoms with van der Waals surface area (Å²) in [6, 6.07) is 13.1. The lowest BCUT2D eigenvalue weighted by Crippen LogP contribution is -2.02. The number of carboxylic acids is 1. The quantitative estimate of drug-likeness (QED) is 0.790. The molecule has 2 heterocycles. The molecule has 98 valence electrons. The van der Waals surface area contributed by atoms with Crippen molar-refractivity contribution in [2.75, 3.05) is 0 Å². The molecule has 20 heavy (non-hydrogen) atoms. The zero-order valence-corrected chi connectivity index (χ0v) is 10.5. The van der Waals surface area contributed by atoms with Crippen LogP contribution in [0, 0.1) is 0 Å². The summed E-state index contributed by atoms with van der Waals surface area (Å²) >= 11 is 0. The number of aromatic nitrogens is 3. The second kappa shape index (κ2) is 4.97. The summed E-state index contributed by atoms with van der Waals surface area (Å²) in [5, 5.41) is 13.2. The Morgan fingerprint density at radius 2 is 1.90 bits per heavy atom. The maximum Gasteiger partial charge on any atom is 0.354 e. The molecule has 0 saturated heterocycles. The SMILES string of the molecule is O=C(O)c1cc(-n2cc(-c3ccccc3)cn2)ccn1. The third-order valence-corrected chi connectivity index (χ3v) is 2.92. The Bertz CT molecular complexity index is 751. The molecule has 3 rings (SSSR count). The number of hydrogen-bond acceptors (Lipinski definition) is 3. The number of benzene rings is 1. The van der Waals surface area contributed by atoms with Crippen LogP contribution in [0.15, 0.2) is 61.1 Å². The van der Waals surface area contributed by atoms with Crippen molar-refractivity contribution < 1.29 is 9.90 Å². The van der Waals surface area contributed by atoms with Crippen LogP contribution in [0.4, 0.5) is 0 Å². The maximum atomic E-state index is 10.9. The number of pyridine rings is 1. The fraction of sp³-hybridized carbons (Fsp3) is 0. The van der Waals surface area contributed by atoms with E-state index in [0.29, 0.717) is 5.69 Å². The lowest BCUT2D eigenvalue weighted by molar-refractivity contribution is 0.0690. The predicted octanol–water partition coefficient (Wildman–Crippen LogP) is 2.63. The Morgan fingerprint density at radius 1 is 1.10 bits per heavy atom. The number of rotatable bonds is 3. The van der Waals surface area contributed by atoms with E-state index in [0.717, 1.165) is 11.1 Å². The van der Waals surface area contributed by atoms with Gasteiger partial charge in [0.1, 0.15) is 5.69 Å². The summed E-state index contributed by atoms with van der Waals surface area (Å²) in [6.07, 6.45) is 5.06. The molecule has 1 aromatic carbocycles. The van der Waals surface area contributed by atoms with Gasteiger partial charge in [0.25, 0.3) is 0 Å². The monoisotopic (exact) mass is 265 g/mol. The molecule has 0 unspecified atom stereocenters. The molecule has 0 aliphatic rings. The van der Waals surface area contributed by atoms with E-state index in [1.54, 1.807) is 16.9 Å². The van der Waals surface area contributed by atoms with Gasteiger partial charge in [-0.05, 0) is 17.7 Å². The summed E-state index contributed by atoms with van der Waals surface area (Å²) in [5.74, 6) is -1.05. The number of hydrogen-bond donors (Lipinski definition) is 1. The fourth-order valence-corrected chi connectivity index (χ4v) is 1.92. The van der Waals surface area contributed by atoms with Crippen molar-refractivity contribution in [3.05, 3.63) is 66.7 Å². The molecule has 0 aliphatic heterocycles. The molecule has 0 amide bonds. The summed E-state index contributed by atoms with van der Waals surface area (Å²) in [5.41, 5.74) is 2.70. The molecule has 0 aliphatic carbocycles. The smallest absolute Gasteiger partial charge is 0.354 e. The van der Waals surface area contributed by atoms with Crippen molar-refractivity contribution in [2.45, 2.75) is 0 Å². The first-order valence-electron chi connectivity index (χ1n) is 6.04. The second-order valence-electron chi connectivity index (χ2n) is 4.24. The first kappa shape index (κ1) is 12.1. The Hall–Kier alpha value is -2.95. The van der Waals surface area contributed by atoms with Crippen LogP contribution in [-0.2, 0) is 0 Å². The van der Waals surface area contributed by atoms with Crippen LogP contribution in [0.1, 0.15) is 10.5 Å². The van der Waals surface area contributed by atoms with Crippen molar-refractivity contribution in [1.82, 2.24) is 14.8 Å². The third kappa shape index (κ3) is 2.29. The molecule has 0 radical (unpaired) electrons. The van der Waals surface area contributed by atoms with Gasteiger partial charge in [-0.3, -0.25) is 0 Å². The minimum atomic E-state index is -1.05. The van der Waals surface area contributed by atoms with E-state index in [4.69, 9.17) is 5.11 Å².